The van der Waals surface area contributed by atoms with E-state index in [2.05, 4.69) is 19.2 Å². The van der Waals surface area contributed by atoms with E-state index in [4.69, 9.17) is 14.2 Å². The molecule has 0 aliphatic rings. The van der Waals surface area contributed by atoms with E-state index in [1.165, 1.54) is 7.11 Å². The maximum atomic E-state index is 11.9. The summed E-state index contributed by atoms with van der Waals surface area (Å²) in [6.45, 7) is 9.95. The number of rotatable bonds is 9. The van der Waals surface area contributed by atoms with Gasteiger partial charge in [0, 0.05) is 6.42 Å². The molecular weight excluding hydrogens is 350 g/mol. The topological polar surface area (TPSA) is 94.1 Å². The summed E-state index contributed by atoms with van der Waals surface area (Å²) in [6, 6.07) is 4.12. The molecule has 0 spiro atoms. The Labute approximate surface area is 161 Å². The molecule has 1 rings (SSSR count). The van der Waals surface area contributed by atoms with Crippen LogP contribution in [-0.4, -0.2) is 42.5 Å². The number of carbonyl (C=O) groups is 2. The first-order valence-corrected chi connectivity index (χ1v) is 9.04. The van der Waals surface area contributed by atoms with Crippen LogP contribution in [0.3, 0.4) is 0 Å². The first-order chi connectivity index (χ1) is 12.5. The normalized spacial score (nSPS) is 12.4. The maximum absolute atomic E-state index is 11.9. The second-order valence-corrected chi connectivity index (χ2v) is 7.76. The lowest BCUT2D eigenvalue weighted by Gasteiger charge is -2.22. The molecular formula is C20H31NO6. The number of benzene rings is 1. The van der Waals surface area contributed by atoms with Gasteiger partial charge in [-0.1, -0.05) is 19.9 Å². The molecule has 1 aromatic carbocycles. The number of hydrogen-bond donors (Lipinski definition) is 2. The van der Waals surface area contributed by atoms with E-state index in [0.29, 0.717) is 29.6 Å². The van der Waals surface area contributed by atoms with Crippen molar-refractivity contribution < 1.29 is 28.9 Å². The summed E-state index contributed by atoms with van der Waals surface area (Å²) in [7, 11) is 1.53. The van der Waals surface area contributed by atoms with Gasteiger partial charge in [0.1, 0.15) is 11.6 Å². The first kappa shape index (κ1) is 22.6. The van der Waals surface area contributed by atoms with Crippen LogP contribution < -0.4 is 14.8 Å². The van der Waals surface area contributed by atoms with Gasteiger partial charge in [-0.2, -0.15) is 0 Å². The van der Waals surface area contributed by atoms with Crippen LogP contribution in [-0.2, 0) is 16.0 Å². The number of amides is 1. The molecule has 7 nitrogen and oxygen atoms in total. The summed E-state index contributed by atoms with van der Waals surface area (Å²) >= 11 is 0. The van der Waals surface area contributed by atoms with Crippen LogP contribution in [0.25, 0.3) is 0 Å². The van der Waals surface area contributed by atoms with Gasteiger partial charge in [0.05, 0.1) is 13.7 Å². The van der Waals surface area contributed by atoms with E-state index in [1.807, 2.05) is 0 Å². The van der Waals surface area contributed by atoms with Crippen molar-refractivity contribution in [3.63, 3.8) is 0 Å². The lowest BCUT2D eigenvalue weighted by Crippen LogP contribution is -2.44. The Morgan fingerprint density at radius 1 is 1.19 bits per heavy atom. The second kappa shape index (κ2) is 10.0. The Hall–Kier alpha value is -2.44. The summed E-state index contributed by atoms with van der Waals surface area (Å²) in [6.07, 6.45) is 0.249. The van der Waals surface area contributed by atoms with E-state index < -0.39 is 23.7 Å². The van der Waals surface area contributed by atoms with Crippen LogP contribution in [0.5, 0.6) is 11.5 Å². The Kier molecular flexibility index (Phi) is 8.40. The average Bonchev–Trinajstić information content (AvgIpc) is 2.53. The smallest absolute Gasteiger partial charge is 0.408 e. The number of nitrogens with one attached hydrogen (secondary N) is 1. The minimum Gasteiger partial charge on any atom is -0.493 e. The quantitative estimate of drug-likeness (QED) is 0.678. The van der Waals surface area contributed by atoms with E-state index in [0.717, 1.165) is 6.42 Å². The molecule has 2 N–H and O–H groups in total. The lowest BCUT2D eigenvalue weighted by molar-refractivity contribution is -0.139. The fourth-order valence-electron chi connectivity index (χ4n) is 2.25. The van der Waals surface area contributed by atoms with Crippen LogP contribution in [0.1, 0.15) is 46.6 Å². The number of carbonyl (C=O) groups excluding carboxylic acids is 1. The minimum atomic E-state index is -1.14. The molecule has 0 saturated heterocycles. The van der Waals surface area contributed by atoms with Crippen molar-refractivity contribution in [3.8, 4) is 11.5 Å². The van der Waals surface area contributed by atoms with Crippen LogP contribution >= 0.6 is 0 Å². The summed E-state index contributed by atoms with van der Waals surface area (Å²) in [5, 5.41) is 11.8. The molecule has 27 heavy (non-hydrogen) atoms. The third-order valence-corrected chi connectivity index (χ3v) is 3.61. The number of hydrogen-bond acceptors (Lipinski definition) is 5. The van der Waals surface area contributed by atoms with Crippen LogP contribution in [0.4, 0.5) is 4.79 Å². The summed E-state index contributed by atoms with van der Waals surface area (Å²) < 4.78 is 16.2. The van der Waals surface area contributed by atoms with E-state index in [-0.39, 0.29) is 6.42 Å². The molecule has 0 aliphatic heterocycles. The van der Waals surface area contributed by atoms with Crippen molar-refractivity contribution >= 4 is 12.1 Å². The zero-order valence-corrected chi connectivity index (χ0v) is 17.0. The van der Waals surface area contributed by atoms with Crippen LogP contribution in [0, 0.1) is 5.92 Å². The molecule has 1 amide bonds. The van der Waals surface area contributed by atoms with Crippen molar-refractivity contribution in [1.82, 2.24) is 5.32 Å². The summed E-state index contributed by atoms with van der Waals surface area (Å²) in [5.41, 5.74) is -0.00257. The SMILES string of the molecule is COc1cc(CC(NC(=O)OC(C)(C)C)C(=O)O)ccc1OCCC(C)C. The van der Waals surface area contributed by atoms with Gasteiger partial charge in [-0.15, -0.1) is 0 Å². The summed E-state index contributed by atoms with van der Waals surface area (Å²) in [4.78, 5) is 23.4. The predicted octanol–water partition coefficient (Wildman–Crippen LogP) is 3.64. The highest BCUT2D eigenvalue weighted by molar-refractivity contribution is 5.80. The molecule has 0 fully saturated rings. The number of aliphatic carboxylic acids is 1. The van der Waals surface area contributed by atoms with Crippen molar-refractivity contribution in [2.75, 3.05) is 13.7 Å². The van der Waals surface area contributed by atoms with Crippen LogP contribution in [0.2, 0.25) is 0 Å². The first-order valence-electron chi connectivity index (χ1n) is 9.04. The fourth-order valence-corrected chi connectivity index (χ4v) is 2.25. The van der Waals surface area contributed by atoms with Gasteiger partial charge < -0.3 is 24.6 Å². The molecule has 0 bridgehead atoms. The molecule has 7 heteroatoms. The average molecular weight is 381 g/mol. The van der Waals surface area contributed by atoms with E-state index >= 15 is 0 Å². The monoisotopic (exact) mass is 381 g/mol. The highest BCUT2D eigenvalue weighted by Crippen LogP contribution is 2.29. The molecule has 1 unspecified atom stereocenters. The zero-order valence-electron chi connectivity index (χ0n) is 17.0. The molecule has 1 atom stereocenters. The van der Waals surface area contributed by atoms with E-state index in [9.17, 15) is 14.7 Å². The predicted molar refractivity (Wildman–Crippen MR) is 102 cm³/mol. The minimum absolute atomic E-state index is 0.0945. The van der Waals surface area contributed by atoms with E-state index in [1.54, 1.807) is 39.0 Å². The third kappa shape index (κ3) is 8.66. The molecule has 0 radical (unpaired) electrons. The number of carboxylic acids is 1. The van der Waals surface area contributed by atoms with Crippen LogP contribution in [0.15, 0.2) is 18.2 Å². The Balaban J connectivity index is 2.81. The standard InChI is InChI=1S/C20H31NO6/c1-13(2)9-10-26-16-8-7-14(12-17(16)25-6)11-15(18(22)23)21-19(24)27-20(3,4)5/h7-8,12-13,15H,9-11H2,1-6H3,(H,21,24)(H,22,23). The number of alkyl carbamates (subject to hydrolysis) is 1. The van der Waals surface area contributed by atoms with Gasteiger partial charge in [0.2, 0.25) is 0 Å². The molecule has 1 aromatic rings. The van der Waals surface area contributed by atoms with Gasteiger partial charge in [-0.3, -0.25) is 0 Å². The Morgan fingerprint density at radius 3 is 2.37 bits per heavy atom. The van der Waals surface area contributed by atoms with Gasteiger partial charge in [0.15, 0.2) is 11.5 Å². The van der Waals surface area contributed by atoms with Gasteiger partial charge >= 0.3 is 12.1 Å². The zero-order chi connectivity index (χ0) is 20.6. The number of methoxy groups -OCH3 is 1. The van der Waals surface area contributed by atoms with Crippen molar-refractivity contribution in [3.05, 3.63) is 23.8 Å². The molecule has 0 heterocycles. The highest BCUT2D eigenvalue weighted by atomic mass is 16.6. The fraction of sp³-hybridized carbons (Fsp3) is 0.600. The maximum Gasteiger partial charge on any atom is 0.408 e. The number of carboxylic acid groups (broad SMARTS) is 1. The Bertz CT molecular complexity index is 636. The van der Waals surface area contributed by atoms with Crippen molar-refractivity contribution in [1.29, 1.82) is 0 Å². The molecule has 152 valence electrons. The third-order valence-electron chi connectivity index (χ3n) is 3.61. The summed E-state index contributed by atoms with van der Waals surface area (Å²) in [5.74, 6) is 0.522. The van der Waals surface area contributed by atoms with Gasteiger partial charge in [-0.25, -0.2) is 9.59 Å². The van der Waals surface area contributed by atoms with Gasteiger partial charge in [-0.05, 0) is 50.8 Å². The second-order valence-electron chi connectivity index (χ2n) is 7.76. The number of ether oxygens (including phenoxy) is 3. The molecule has 0 aliphatic carbocycles. The van der Waals surface area contributed by atoms with Gasteiger partial charge in [0.25, 0.3) is 0 Å². The van der Waals surface area contributed by atoms with Crippen molar-refractivity contribution in [2.24, 2.45) is 5.92 Å². The van der Waals surface area contributed by atoms with Crippen molar-refractivity contribution in [2.45, 2.75) is 59.1 Å². The largest absolute Gasteiger partial charge is 0.493 e. The Morgan fingerprint density at radius 2 is 1.85 bits per heavy atom. The molecule has 0 aromatic heterocycles. The highest BCUT2D eigenvalue weighted by Gasteiger charge is 2.24. The molecule has 0 saturated carbocycles. The lowest BCUT2D eigenvalue weighted by atomic mass is 10.1.